The lowest BCUT2D eigenvalue weighted by Crippen LogP contribution is -2.04. The van der Waals surface area contributed by atoms with Crippen molar-refractivity contribution in [1.82, 2.24) is 0 Å². The molecular weight excluding hydrogens is 220 g/mol. The second-order valence-electron chi connectivity index (χ2n) is 3.64. The van der Waals surface area contributed by atoms with E-state index in [0.29, 0.717) is 18.4 Å². The molecule has 0 radical (unpaired) electrons. The molecule has 0 fully saturated rings. The maximum atomic E-state index is 10.9. The van der Waals surface area contributed by atoms with Gasteiger partial charge in [-0.1, -0.05) is 24.3 Å². The van der Waals surface area contributed by atoms with E-state index in [4.69, 9.17) is 10.2 Å². The van der Waals surface area contributed by atoms with Crippen LogP contribution in [-0.2, 0) is 9.59 Å². The van der Waals surface area contributed by atoms with Crippen LogP contribution in [-0.4, -0.2) is 22.2 Å². The summed E-state index contributed by atoms with van der Waals surface area (Å²) in [5.41, 5.74) is 1.38. The highest BCUT2D eigenvalue weighted by molar-refractivity contribution is 5.91. The summed E-state index contributed by atoms with van der Waals surface area (Å²) in [7, 11) is 0. The number of carbonyl (C=O) groups is 2. The topological polar surface area (TPSA) is 74.6 Å². The molecule has 1 rings (SSSR count). The molecule has 90 valence electrons. The van der Waals surface area contributed by atoms with Crippen LogP contribution in [0.15, 0.2) is 47.1 Å². The fourth-order valence-corrected chi connectivity index (χ4v) is 1.51. The second-order valence-corrected chi connectivity index (χ2v) is 3.64. The number of carboxylic acid groups (broad SMARTS) is 2. The molecule has 0 aromatic rings. The van der Waals surface area contributed by atoms with Crippen molar-refractivity contribution in [2.75, 3.05) is 0 Å². The molecule has 1 aliphatic rings. The summed E-state index contributed by atoms with van der Waals surface area (Å²) in [5.74, 6) is -1.91. The minimum absolute atomic E-state index is 0.200. The smallest absolute Gasteiger partial charge is 0.335 e. The summed E-state index contributed by atoms with van der Waals surface area (Å²) in [5, 5.41) is 17.7. The van der Waals surface area contributed by atoms with Crippen molar-refractivity contribution in [1.29, 1.82) is 0 Å². The molecule has 17 heavy (non-hydrogen) atoms. The molecule has 4 heteroatoms. The van der Waals surface area contributed by atoms with Gasteiger partial charge in [-0.2, -0.15) is 0 Å². The SMILES string of the molecule is C/C=C\C(=C/C1=CC=C(C(=O)O)CC1)C(=O)O. The molecule has 4 nitrogen and oxygen atoms in total. The third-order valence-electron chi connectivity index (χ3n) is 2.39. The Hall–Kier alpha value is -2.10. The zero-order valence-electron chi connectivity index (χ0n) is 9.51. The second kappa shape index (κ2) is 5.84. The van der Waals surface area contributed by atoms with Crippen LogP contribution in [0.1, 0.15) is 19.8 Å². The average Bonchev–Trinajstić information content (AvgIpc) is 2.29. The lowest BCUT2D eigenvalue weighted by Gasteiger charge is -2.09. The van der Waals surface area contributed by atoms with Gasteiger partial charge in [0.25, 0.3) is 0 Å². The van der Waals surface area contributed by atoms with E-state index in [1.165, 1.54) is 12.2 Å². The van der Waals surface area contributed by atoms with Crippen LogP contribution < -0.4 is 0 Å². The van der Waals surface area contributed by atoms with Crippen LogP contribution in [0.3, 0.4) is 0 Å². The number of allylic oxidation sites excluding steroid dienone is 5. The monoisotopic (exact) mass is 234 g/mol. The van der Waals surface area contributed by atoms with Crippen LogP contribution in [0.4, 0.5) is 0 Å². The first-order chi connectivity index (χ1) is 8.04. The summed E-state index contributed by atoms with van der Waals surface area (Å²) in [4.78, 5) is 21.6. The van der Waals surface area contributed by atoms with Crippen molar-refractivity contribution < 1.29 is 19.8 Å². The van der Waals surface area contributed by atoms with Crippen molar-refractivity contribution in [2.45, 2.75) is 19.8 Å². The summed E-state index contributed by atoms with van der Waals surface area (Å²) >= 11 is 0. The number of hydrogen-bond donors (Lipinski definition) is 2. The van der Waals surface area contributed by atoms with E-state index in [0.717, 1.165) is 5.57 Å². The van der Waals surface area contributed by atoms with Crippen molar-refractivity contribution in [3.05, 3.63) is 47.1 Å². The lowest BCUT2D eigenvalue weighted by molar-refractivity contribution is -0.133. The zero-order valence-corrected chi connectivity index (χ0v) is 9.51. The molecular formula is C13H14O4. The van der Waals surface area contributed by atoms with Gasteiger partial charge in [0.2, 0.25) is 0 Å². The predicted octanol–water partition coefficient (Wildman–Crippen LogP) is 2.30. The van der Waals surface area contributed by atoms with Crippen molar-refractivity contribution in [3.63, 3.8) is 0 Å². The highest BCUT2D eigenvalue weighted by Gasteiger charge is 2.12. The van der Waals surface area contributed by atoms with Gasteiger partial charge in [0, 0.05) is 5.57 Å². The summed E-state index contributed by atoms with van der Waals surface area (Å²) in [6.45, 7) is 1.74. The molecule has 0 heterocycles. The first kappa shape index (κ1) is 13.0. The van der Waals surface area contributed by atoms with Crippen LogP contribution in [0.25, 0.3) is 0 Å². The highest BCUT2D eigenvalue weighted by Crippen LogP contribution is 2.20. The molecule has 0 bridgehead atoms. The van der Waals surface area contributed by atoms with Crippen LogP contribution in [0.2, 0.25) is 0 Å². The van der Waals surface area contributed by atoms with Gasteiger partial charge in [0.1, 0.15) is 0 Å². The molecule has 2 N–H and O–H groups in total. The van der Waals surface area contributed by atoms with Gasteiger partial charge in [0.05, 0.1) is 5.57 Å². The first-order valence-electron chi connectivity index (χ1n) is 5.25. The van der Waals surface area contributed by atoms with Crippen LogP contribution in [0.5, 0.6) is 0 Å². The number of hydrogen-bond acceptors (Lipinski definition) is 2. The van der Waals surface area contributed by atoms with E-state index >= 15 is 0 Å². The van der Waals surface area contributed by atoms with Gasteiger partial charge in [-0.25, -0.2) is 9.59 Å². The lowest BCUT2D eigenvalue weighted by atomic mass is 9.97. The molecule has 0 amide bonds. The van der Waals surface area contributed by atoms with Crippen LogP contribution in [0, 0.1) is 0 Å². The molecule has 0 saturated heterocycles. The summed E-state index contributed by atoms with van der Waals surface area (Å²) in [6, 6.07) is 0. The normalized spacial score (nSPS) is 16.6. The molecule has 0 aliphatic heterocycles. The molecule has 0 aromatic carbocycles. The Morgan fingerprint density at radius 2 is 1.94 bits per heavy atom. The molecule has 0 aromatic heterocycles. The molecule has 0 saturated carbocycles. The van der Waals surface area contributed by atoms with Crippen molar-refractivity contribution in [3.8, 4) is 0 Å². The van der Waals surface area contributed by atoms with E-state index in [1.54, 1.807) is 25.2 Å². The molecule has 0 atom stereocenters. The Bertz CT molecular complexity index is 450. The van der Waals surface area contributed by atoms with E-state index in [-0.39, 0.29) is 5.57 Å². The first-order valence-corrected chi connectivity index (χ1v) is 5.25. The van der Waals surface area contributed by atoms with Gasteiger partial charge in [-0.05, 0) is 31.4 Å². The maximum absolute atomic E-state index is 10.9. The Balaban J connectivity index is 2.93. The van der Waals surface area contributed by atoms with E-state index < -0.39 is 11.9 Å². The van der Waals surface area contributed by atoms with Gasteiger partial charge >= 0.3 is 11.9 Å². The Labute approximate surface area is 99.3 Å². The number of carboxylic acids is 2. The van der Waals surface area contributed by atoms with Gasteiger partial charge in [-0.15, -0.1) is 0 Å². The molecule has 0 unspecified atom stereocenters. The van der Waals surface area contributed by atoms with Crippen LogP contribution >= 0.6 is 0 Å². The minimum Gasteiger partial charge on any atom is -0.478 e. The quantitative estimate of drug-likeness (QED) is 0.578. The van der Waals surface area contributed by atoms with E-state index in [2.05, 4.69) is 0 Å². The standard InChI is InChI=1S/C13H14O4/c1-2-3-11(13(16)17)8-9-4-6-10(7-5-9)12(14)15/h2-4,6,8H,5,7H2,1H3,(H,14,15)(H,16,17)/b3-2-,11-8+. The minimum atomic E-state index is -0.989. The Kier molecular flexibility index (Phi) is 4.46. The van der Waals surface area contributed by atoms with Gasteiger partial charge in [-0.3, -0.25) is 0 Å². The summed E-state index contributed by atoms with van der Waals surface area (Å²) < 4.78 is 0. The largest absolute Gasteiger partial charge is 0.478 e. The number of aliphatic carboxylic acids is 2. The van der Waals surface area contributed by atoms with E-state index in [1.807, 2.05) is 0 Å². The molecule has 1 aliphatic carbocycles. The fraction of sp³-hybridized carbons (Fsp3) is 0.231. The Morgan fingerprint density at radius 3 is 2.35 bits per heavy atom. The van der Waals surface area contributed by atoms with Crippen molar-refractivity contribution in [2.24, 2.45) is 0 Å². The zero-order chi connectivity index (χ0) is 12.8. The number of rotatable bonds is 4. The molecule has 0 spiro atoms. The Morgan fingerprint density at radius 1 is 1.24 bits per heavy atom. The highest BCUT2D eigenvalue weighted by atomic mass is 16.4. The maximum Gasteiger partial charge on any atom is 0.335 e. The van der Waals surface area contributed by atoms with Gasteiger partial charge < -0.3 is 10.2 Å². The average molecular weight is 234 g/mol. The fourth-order valence-electron chi connectivity index (χ4n) is 1.51. The van der Waals surface area contributed by atoms with Crippen molar-refractivity contribution >= 4 is 11.9 Å². The predicted molar refractivity (Wildman–Crippen MR) is 63.6 cm³/mol. The third-order valence-corrected chi connectivity index (χ3v) is 2.39. The van der Waals surface area contributed by atoms with E-state index in [9.17, 15) is 9.59 Å². The third kappa shape index (κ3) is 3.75. The summed E-state index contributed by atoms with van der Waals surface area (Å²) in [6.07, 6.45) is 8.89. The van der Waals surface area contributed by atoms with Gasteiger partial charge in [0.15, 0.2) is 0 Å².